The average Bonchev–Trinajstić information content (AvgIpc) is 2.98. The molecule has 9 nitrogen and oxygen atoms in total. The van der Waals surface area contributed by atoms with Crippen LogP contribution in [0.2, 0.25) is 5.02 Å². The Labute approximate surface area is 186 Å². The van der Waals surface area contributed by atoms with Crippen LogP contribution in [0.3, 0.4) is 0 Å². The van der Waals surface area contributed by atoms with E-state index < -0.39 is 28.5 Å². The first-order valence-electron chi connectivity index (χ1n) is 8.83. The number of imide groups is 1. The van der Waals surface area contributed by atoms with E-state index in [0.29, 0.717) is 28.2 Å². The first-order valence-corrected chi connectivity index (χ1v) is 10.0. The number of nitro groups is 1. The molecule has 31 heavy (non-hydrogen) atoms. The summed E-state index contributed by atoms with van der Waals surface area (Å²) in [6, 6.07) is 8.88. The molecule has 1 aliphatic heterocycles. The maximum absolute atomic E-state index is 12.7. The van der Waals surface area contributed by atoms with Gasteiger partial charge in [0.25, 0.3) is 16.8 Å². The van der Waals surface area contributed by atoms with Gasteiger partial charge in [-0.2, -0.15) is 0 Å². The second kappa shape index (κ2) is 9.19. The Morgan fingerprint density at radius 2 is 2.03 bits per heavy atom. The lowest BCUT2D eigenvalue weighted by atomic mass is 10.1. The zero-order valence-corrected chi connectivity index (χ0v) is 18.0. The van der Waals surface area contributed by atoms with Crippen molar-refractivity contribution in [1.29, 1.82) is 0 Å². The summed E-state index contributed by atoms with van der Waals surface area (Å²) >= 11 is 6.57. The molecule has 0 atom stereocenters. The summed E-state index contributed by atoms with van der Waals surface area (Å²) in [5, 5.41) is 13.5. The Hall–Kier alpha value is -3.37. The molecule has 2 aromatic carbocycles. The van der Waals surface area contributed by atoms with Gasteiger partial charge < -0.3 is 10.1 Å². The molecule has 3 rings (SSSR count). The van der Waals surface area contributed by atoms with Gasteiger partial charge in [-0.15, -0.1) is 0 Å². The number of amides is 3. The molecule has 1 heterocycles. The number of rotatable bonds is 6. The van der Waals surface area contributed by atoms with Crippen molar-refractivity contribution in [2.45, 2.75) is 6.92 Å². The summed E-state index contributed by atoms with van der Waals surface area (Å²) in [5.74, 6) is -0.949. The number of methoxy groups -OCH3 is 1. The van der Waals surface area contributed by atoms with Crippen LogP contribution in [0, 0.1) is 17.0 Å². The number of halogens is 1. The van der Waals surface area contributed by atoms with Crippen LogP contribution >= 0.6 is 23.4 Å². The van der Waals surface area contributed by atoms with E-state index in [1.165, 1.54) is 31.4 Å². The minimum absolute atomic E-state index is 0.0236. The number of nitrogens with one attached hydrogen (secondary N) is 1. The summed E-state index contributed by atoms with van der Waals surface area (Å²) < 4.78 is 5.17. The van der Waals surface area contributed by atoms with Crippen molar-refractivity contribution in [3.8, 4) is 5.75 Å². The third-order valence-corrected chi connectivity index (χ3v) is 5.50. The Morgan fingerprint density at radius 1 is 1.29 bits per heavy atom. The molecular weight excluding hydrogens is 446 g/mol. The number of aryl methyl sites for hydroxylation is 1. The zero-order valence-electron chi connectivity index (χ0n) is 16.4. The Bertz CT molecular complexity index is 1130. The second-order valence-electron chi connectivity index (χ2n) is 6.46. The molecule has 0 saturated carbocycles. The Kier molecular flexibility index (Phi) is 6.62. The van der Waals surface area contributed by atoms with Crippen molar-refractivity contribution in [3.63, 3.8) is 0 Å². The highest BCUT2D eigenvalue weighted by atomic mass is 35.5. The number of hydrogen-bond donors (Lipinski definition) is 1. The van der Waals surface area contributed by atoms with Crippen molar-refractivity contribution < 1.29 is 24.0 Å². The second-order valence-corrected chi connectivity index (χ2v) is 7.89. The van der Waals surface area contributed by atoms with E-state index in [1.807, 2.05) is 0 Å². The van der Waals surface area contributed by atoms with Crippen LogP contribution in [-0.2, 0) is 9.59 Å². The Morgan fingerprint density at radius 3 is 2.71 bits per heavy atom. The summed E-state index contributed by atoms with van der Waals surface area (Å²) in [7, 11) is 1.38. The standard InChI is InChI=1S/C20H16ClN3O6S/c1-11-3-4-13(21)9-15(11)22-18(25)10-23-19(26)17(31-20(23)27)8-12-7-14(24(28)29)5-6-16(12)30-2/h3-9H,10H2,1-2H3,(H,22,25)/b17-8+. The molecule has 2 aromatic rings. The third-order valence-electron chi connectivity index (χ3n) is 4.36. The Balaban J connectivity index is 1.79. The van der Waals surface area contributed by atoms with Gasteiger partial charge in [-0.1, -0.05) is 17.7 Å². The van der Waals surface area contributed by atoms with Gasteiger partial charge in [-0.25, -0.2) is 0 Å². The highest BCUT2D eigenvalue weighted by Gasteiger charge is 2.36. The number of anilines is 1. The number of benzene rings is 2. The maximum Gasteiger partial charge on any atom is 0.294 e. The monoisotopic (exact) mass is 461 g/mol. The van der Waals surface area contributed by atoms with Crippen LogP contribution in [0.4, 0.5) is 16.2 Å². The van der Waals surface area contributed by atoms with Gasteiger partial charge in [0.2, 0.25) is 5.91 Å². The fourth-order valence-electron chi connectivity index (χ4n) is 2.79. The van der Waals surface area contributed by atoms with Gasteiger partial charge in [0, 0.05) is 28.4 Å². The minimum Gasteiger partial charge on any atom is -0.496 e. The molecule has 1 aliphatic rings. The lowest BCUT2D eigenvalue weighted by Crippen LogP contribution is -2.36. The lowest BCUT2D eigenvalue weighted by molar-refractivity contribution is -0.384. The molecule has 1 saturated heterocycles. The van der Waals surface area contributed by atoms with Gasteiger partial charge in [-0.3, -0.25) is 29.4 Å². The lowest BCUT2D eigenvalue weighted by Gasteiger charge is -2.13. The summed E-state index contributed by atoms with van der Waals surface area (Å²) in [6.45, 7) is 1.29. The van der Waals surface area contributed by atoms with E-state index in [-0.39, 0.29) is 16.2 Å². The molecule has 0 aliphatic carbocycles. The van der Waals surface area contributed by atoms with Crippen LogP contribution < -0.4 is 10.1 Å². The number of carbonyl (C=O) groups is 3. The number of ether oxygens (including phenoxy) is 1. The topological polar surface area (TPSA) is 119 Å². The maximum atomic E-state index is 12.7. The van der Waals surface area contributed by atoms with Crippen LogP contribution in [0.5, 0.6) is 5.75 Å². The molecule has 0 unspecified atom stereocenters. The van der Waals surface area contributed by atoms with Crippen LogP contribution in [-0.4, -0.2) is 40.5 Å². The van der Waals surface area contributed by atoms with Gasteiger partial charge >= 0.3 is 0 Å². The first kappa shape index (κ1) is 22.3. The molecule has 1 N–H and O–H groups in total. The normalized spacial score (nSPS) is 14.8. The van der Waals surface area contributed by atoms with E-state index >= 15 is 0 Å². The number of hydrogen-bond acceptors (Lipinski definition) is 7. The molecule has 0 bridgehead atoms. The van der Waals surface area contributed by atoms with Gasteiger partial charge in [-0.05, 0) is 48.5 Å². The van der Waals surface area contributed by atoms with Crippen molar-refractivity contribution in [2.75, 3.05) is 19.0 Å². The van der Waals surface area contributed by atoms with Crippen LogP contribution in [0.1, 0.15) is 11.1 Å². The quantitative estimate of drug-likeness (QED) is 0.388. The summed E-state index contributed by atoms with van der Waals surface area (Å²) in [5.41, 5.74) is 1.31. The summed E-state index contributed by atoms with van der Waals surface area (Å²) in [4.78, 5) is 48.7. The van der Waals surface area contributed by atoms with Gasteiger partial charge in [0.05, 0.1) is 16.9 Å². The zero-order chi connectivity index (χ0) is 22.7. The van der Waals surface area contributed by atoms with Gasteiger partial charge in [0.15, 0.2) is 0 Å². The number of nitro benzene ring substituents is 1. The van der Waals surface area contributed by atoms with Gasteiger partial charge in [0.1, 0.15) is 12.3 Å². The largest absolute Gasteiger partial charge is 0.496 e. The van der Waals surface area contributed by atoms with E-state index in [1.54, 1.807) is 25.1 Å². The molecular formula is C20H16ClN3O6S. The van der Waals surface area contributed by atoms with Crippen LogP contribution in [0.15, 0.2) is 41.3 Å². The fourth-order valence-corrected chi connectivity index (χ4v) is 3.79. The van der Waals surface area contributed by atoms with E-state index in [2.05, 4.69) is 5.32 Å². The predicted octanol–water partition coefficient (Wildman–Crippen LogP) is 4.24. The SMILES string of the molecule is COc1ccc([N+](=O)[O-])cc1/C=C1/SC(=O)N(CC(=O)Nc2cc(Cl)ccc2C)C1=O. The third kappa shape index (κ3) is 5.04. The average molecular weight is 462 g/mol. The molecule has 3 amide bonds. The van der Waals surface area contributed by atoms with Crippen molar-refractivity contribution in [1.82, 2.24) is 4.90 Å². The van der Waals surface area contributed by atoms with Crippen molar-refractivity contribution >= 4 is 57.9 Å². The van der Waals surface area contributed by atoms with Crippen molar-refractivity contribution in [2.24, 2.45) is 0 Å². The minimum atomic E-state index is -0.679. The first-order chi connectivity index (χ1) is 14.7. The number of carbonyl (C=O) groups excluding carboxylic acids is 3. The van der Waals surface area contributed by atoms with E-state index in [9.17, 15) is 24.5 Å². The molecule has 0 radical (unpaired) electrons. The van der Waals surface area contributed by atoms with Crippen molar-refractivity contribution in [3.05, 3.63) is 67.6 Å². The number of non-ortho nitro benzene ring substituents is 1. The van der Waals surface area contributed by atoms with E-state index in [0.717, 1.165) is 10.5 Å². The van der Waals surface area contributed by atoms with Crippen LogP contribution in [0.25, 0.3) is 6.08 Å². The molecule has 0 aromatic heterocycles. The number of nitrogens with zero attached hydrogens (tertiary/aromatic N) is 2. The fraction of sp³-hybridized carbons (Fsp3) is 0.150. The molecule has 1 fully saturated rings. The highest BCUT2D eigenvalue weighted by molar-refractivity contribution is 8.18. The summed E-state index contributed by atoms with van der Waals surface area (Å²) in [6.07, 6.45) is 1.33. The van der Waals surface area contributed by atoms with E-state index in [4.69, 9.17) is 16.3 Å². The molecule has 0 spiro atoms. The highest BCUT2D eigenvalue weighted by Crippen LogP contribution is 2.35. The number of thioether (sulfide) groups is 1. The predicted molar refractivity (Wildman–Crippen MR) is 117 cm³/mol. The molecule has 160 valence electrons. The molecule has 11 heteroatoms. The smallest absolute Gasteiger partial charge is 0.294 e.